The summed E-state index contributed by atoms with van der Waals surface area (Å²) in [6.07, 6.45) is 0. The normalized spacial score (nSPS) is 11.0. The molecule has 3 rings (SSSR count). The van der Waals surface area contributed by atoms with Gasteiger partial charge in [-0.3, -0.25) is 4.68 Å². The summed E-state index contributed by atoms with van der Waals surface area (Å²) >= 11 is 12.0. The van der Waals surface area contributed by atoms with Gasteiger partial charge in [-0.25, -0.2) is 9.78 Å². The average Bonchev–Trinajstić information content (AvgIpc) is 2.80. The van der Waals surface area contributed by atoms with Gasteiger partial charge in [-0.2, -0.15) is 5.10 Å². The van der Waals surface area contributed by atoms with Crippen LogP contribution in [0.1, 0.15) is 27.3 Å². The zero-order chi connectivity index (χ0) is 17.4. The number of aryl methyl sites for hydroxylation is 3. The van der Waals surface area contributed by atoms with E-state index in [4.69, 9.17) is 27.9 Å². The SMILES string of the molecule is Cc1cc(C(=O)OCc2ccc(Cl)cc2Cl)c2c(C)nn(C)c2n1. The highest BCUT2D eigenvalue weighted by Gasteiger charge is 2.19. The smallest absolute Gasteiger partial charge is 0.339 e. The van der Waals surface area contributed by atoms with Crippen LogP contribution in [0.4, 0.5) is 0 Å². The number of carbonyl (C=O) groups is 1. The second-order valence-electron chi connectivity index (χ2n) is 5.53. The van der Waals surface area contributed by atoms with Gasteiger partial charge in [-0.05, 0) is 32.0 Å². The first kappa shape index (κ1) is 16.7. The number of carbonyl (C=O) groups excluding carboxylic acids is 1. The zero-order valence-electron chi connectivity index (χ0n) is 13.4. The first-order valence-electron chi connectivity index (χ1n) is 7.29. The topological polar surface area (TPSA) is 57.0 Å². The van der Waals surface area contributed by atoms with Crippen molar-refractivity contribution in [3.63, 3.8) is 0 Å². The Hall–Kier alpha value is -2.11. The van der Waals surface area contributed by atoms with Gasteiger partial charge >= 0.3 is 5.97 Å². The molecule has 2 aromatic heterocycles. The van der Waals surface area contributed by atoms with Gasteiger partial charge in [0.05, 0.1) is 16.6 Å². The summed E-state index contributed by atoms with van der Waals surface area (Å²) < 4.78 is 7.09. The van der Waals surface area contributed by atoms with E-state index >= 15 is 0 Å². The van der Waals surface area contributed by atoms with Crippen LogP contribution in [0, 0.1) is 13.8 Å². The summed E-state index contributed by atoms with van der Waals surface area (Å²) in [7, 11) is 1.80. The lowest BCUT2D eigenvalue weighted by Crippen LogP contribution is -2.08. The first-order chi connectivity index (χ1) is 11.4. The van der Waals surface area contributed by atoms with Gasteiger partial charge in [0.2, 0.25) is 0 Å². The maximum absolute atomic E-state index is 12.6. The maximum Gasteiger partial charge on any atom is 0.339 e. The molecule has 0 atom stereocenters. The monoisotopic (exact) mass is 363 g/mol. The summed E-state index contributed by atoms with van der Waals surface area (Å²) in [6, 6.07) is 6.77. The highest BCUT2D eigenvalue weighted by Crippen LogP contribution is 2.24. The number of hydrogen-bond donors (Lipinski definition) is 0. The molecule has 3 aromatic rings. The van der Waals surface area contributed by atoms with Crippen molar-refractivity contribution < 1.29 is 9.53 Å². The molecule has 0 unspecified atom stereocenters. The standard InChI is InChI=1S/C17H15Cl2N3O2/c1-9-6-13(15-10(2)21-22(3)16(15)20-9)17(23)24-8-11-4-5-12(18)7-14(11)19/h4-7H,8H2,1-3H3. The number of aromatic nitrogens is 3. The lowest BCUT2D eigenvalue weighted by atomic mass is 10.1. The molecule has 0 fully saturated rings. The van der Waals surface area contributed by atoms with Crippen LogP contribution in [-0.4, -0.2) is 20.7 Å². The Kier molecular flexibility index (Phi) is 4.47. The fourth-order valence-corrected chi connectivity index (χ4v) is 3.05. The van der Waals surface area contributed by atoms with Gasteiger partial charge in [0.1, 0.15) is 6.61 Å². The van der Waals surface area contributed by atoms with Gasteiger partial charge in [-0.1, -0.05) is 29.3 Å². The molecule has 124 valence electrons. The largest absolute Gasteiger partial charge is 0.457 e. The molecule has 2 heterocycles. The van der Waals surface area contributed by atoms with E-state index in [1.165, 1.54) is 0 Å². The molecule has 0 aliphatic heterocycles. The van der Waals surface area contributed by atoms with Crippen LogP contribution in [0.3, 0.4) is 0 Å². The summed E-state index contributed by atoms with van der Waals surface area (Å²) in [6.45, 7) is 3.73. The molecule has 0 spiro atoms. The second kappa shape index (κ2) is 6.42. The predicted octanol–water partition coefficient (Wildman–Crippen LogP) is 4.25. The Labute approximate surface area is 149 Å². The summed E-state index contributed by atoms with van der Waals surface area (Å²) in [5.41, 5.74) is 3.26. The van der Waals surface area contributed by atoms with E-state index in [0.29, 0.717) is 32.2 Å². The number of halogens is 2. The van der Waals surface area contributed by atoms with Gasteiger partial charge in [0.15, 0.2) is 5.65 Å². The van der Waals surface area contributed by atoms with E-state index in [2.05, 4.69) is 10.1 Å². The number of nitrogens with zero attached hydrogens (tertiary/aromatic N) is 3. The van der Waals surface area contributed by atoms with Crippen LogP contribution in [0.5, 0.6) is 0 Å². The van der Waals surface area contributed by atoms with Gasteiger partial charge in [0, 0.05) is 28.4 Å². The van der Waals surface area contributed by atoms with Crippen LogP contribution in [0.15, 0.2) is 24.3 Å². The quantitative estimate of drug-likeness (QED) is 0.652. The Balaban J connectivity index is 1.91. The third kappa shape index (κ3) is 3.09. The van der Waals surface area contributed by atoms with Crippen molar-refractivity contribution in [2.75, 3.05) is 0 Å². The molecule has 5 nitrogen and oxygen atoms in total. The molecule has 0 amide bonds. The third-order valence-electron chi connectivity index (χ3n) is 3.69. The number of ether oxygens (including phenoxy) is 1. The molecule has 0 radical (unpaired) electrons. The van der Waals surface area contributed by atoms with Crippen molar-refractivity contribution in [2.45, 2.75) is 20.5 Å². The first-order valence-corrected chi connectivity index (χ1v) is 8.04. The Morgan fingerprint density at radius 3 is 2.71 bits per heavy atom. The number of pyridine rings is 1. The van der Waals surface area contributed by atoms with Crippen molar-refractivity contribution >= 4 is 40.2 Å². The minimum atomic E-state index is -0.437. The van der Waals surface area contributed by atoms with Gasteiger partial charge in [0.25, 0.3) is 0 Å². The Morgan fingerprint density at radius 2 is 2.00 bits per heavy atom. The summed E-state index contributed by atoms with van der Waals surface area (Å²) in [5.74, 6) is -0.437. The number of hydrogen-bond acceptors (Lipinski definition) is 4. The Morgan fingerprint density at radius 1 is 1.25 bits per heavy atom. The van der Waals surface area contributed by atoms with Crippen LogP contribution in [0.25, 0.3) is 11.0 Å². The van der Waals surface area contributed by atoms with Gasteiger partial charge < -0.3 is 4.74 Å². The highest BCUT2D eigenvalue weighted by molar-refractivity contribution is 6.35. The van der Waals surface area contributed by atoms with E-state index in [1.54, 1.807) is 36.0 Å². The van der Waals surface area contributed by atoms with Gasteiger partial charge in [-0.15, -0.1) is 0 Å². The highest BCUT2D eigenvalue weighted by atomic mass is 35.5. The van der Waals surface area contributed by atoms with Crippen LogP contribution >= 0.6 is 23.2 Å². The maximum atomic E-state index is 12.6. The molecule has 7 heteroatoms. The molecule has 0 aliphatic rings. The minimum Gasteiger partial charge on any atom is -0.457 e. The number of fused-ring (bicyclic) bond motifs is 1. The van der Waals surface area contributed by atoms with E-state index in [0.717, 1.165) is 11.4 Å². The molecule has 0 N–H and O–H groups in total. The second-order valence-corrected chi connectivity index (χ2v) is 6.37. The molecule has 0 bridgehead atoms. The van der Waals surface area contributed by atoms with E-state index in [9.17, 15) is 4.79 Å². The van der Waals surface area contributed by atoms with Crippen molar-refractivity contribution in [3.05, 3.63) is 56.8 Å². The van der Waals surface area contributed by atoms with Crippen molar-refractivity contribution in [2.24, 2.45) is 7.05 Å². The fourth-order valence-electron chi connectivity index (χ4n) is 2.59. The number of benzene rings is 1. The van der Waals surface area contributed by atoms with Crippen molar-refractivity contribution in [3.8, 4) is 0 Å². The lowest BCUT2D eigenvalue weighted by molar-refractivity contribution is 0.0475. The molecular formula is C17H15Cl2N3O2. The summed E-state index contributed by atoms with van der Waals surface area (Å²) in [4.78, 5) is 17.0. The third-order valence-corrected chi connectivity index (χ3v) is 4.28. The number of rotatable bonds is 3. The zero-order valence-corrected chi connectivity index (χ0v) is 14.9. The molecule has 24 heavy (non-hydrogen) atoms. The number of esters is 1. The average molecular weight is 364 g/mol. The molecule has 0 saturated heterocycles. The van der Waals surface area contributed by atoms with Crippen molar-refractivity contribution in [1.82, 2.24) is 14.8 Å². The molecular weight excluding hydrogens is 349 g/mol. The molecule has 0 aliphatic carbocycles. The summed E-state index contributed by atoms with van der Waals surface area (Å²) in [5, 5.41) is 6.03. The molecule has 1 aromatic carbocycles. The Bertz CT molecular complexity index is 951. The lowest BCUT2D eigenvalue weighted by Gasteiger charge is -2.09. The fraction of sp³-hybridized carbons (Fsp3) is 0.235. The van der Waals surface area contributed by atoms with E-state index in [-0.39, 0.29) is 6.61 Å². The van der Waals surface area contributed by atoms with E-state index < -0.39 is 5.97 Å². The molecule has 0 saturated carbocycles. The minimum absolute atomic E-state index is 0.0665. The van der Waals surface area contributed by atoms with Crippen LogP contribution in [0.2, 0.25) is 10.0 Å². The predicted molar refractivity (Wildman–Crippen MR) is 93.6 cm³/mol. The van der Waals surface area contributed by atoms with E-state index in [1.807, 2.05) is 13.8 Å². The van der Waals surface area contributed by atoms with Crippen LogP contribution < -0.4 is 0 Å². The van der Waals surface area contributed by atoms with Crippen LogP contribution in [-0.2, 0) is 18.4 Å². The van der Waals surface area contributed by atoms with Crippen molar-refractivity contribution in [1.29, 1.82) is 0 Å².